The number of carbonyl (C=O) groups is 2. The van der Waals surface area contributed by atoms with Crippen LogP contribution in [0.15, 0.2) is 30.3 Å². The molecule has 1 aliphatic heterocycles. The lowest BCUT2D eigenvalue weighted by molar-refractivity contribution is -0.151. The van der Waals surface area contributed by atoms with Gasteiger partial charge in [-0.15, -0.1) is 0 Å². The minimum absolute atomic E-state index is 0.0248. The minimum Gasteiger partial charge on any atom is -0.369 e. The van der Waals surface area contributed by atoms with Gasteiger partial charge in [-0.3, -0.25) is 9.59 Å². The minimum atomic E-state index is -0.865. The second-order valence-corrected chi connectivity index (χ2v) is 6.78. The number of hydrogen-bond acceptors (Lipinski definition) is 3. The number of carbonyl (C=O) groups excluding carboxylic acids is 2. The van der Waals surface area contributed by atoms with E-state index >= 15 is 0 Å². The van der Waals surface area contributed by atoms with Crippen molar-refractivity contribution in [2.24, 2.45) is 0 Å². The maximum absolute atomic E-state index is 12.7. The van der Waals surface area contributed by atoms with E-state index in [0.29, 0.717) is 26.1 Å². The molecule has 0 N–H and O–H groups in total. The number of nitrogens with zero attached hydrogens (tertiary/aromatic N) is 2. The summed E-state index contributed by atoms with van der Waals surface area (Å²) >= 11 is 0. The Balaban J connectivity index is 2.17. The fraction of sp³-hybridized carbons (Fsp3) is 0.579. The highest BCUT2D eigenvalue weighted by Gasteiger charge is 2.36. The van der Waals surface area contributed by atoms with Crippen LogP contribution >= 0.6 is 0 Å². The monoisotopic (exact) mass is 332 g/mol. The van der Waals surface area contributed by atoms with Crippen LogP contribution in [0.1, 0.15) is 39.2 Å². The molecule has 1 atom stereocenters. The normalized spacial score (nSPS) is 19.3. The summed E-state index contributed by atoms with van der Waals surface area (Å²) in [5.74, 6) is 0.0500. The third-order valence-corrected chi connectivity index (χ3v) is 4.77. The summed E-state index contributed by atoms with van der Waals surface area (Å²) in [7, 11) is 1.54. The molecule has 2 amide bonds. The van der Waals surface area contributed by atoms with Crippen molar-refractivity contribution in [3.8, 4) is 0 Å². The summed E-state index contributed by atoms with van der Waals surface area (Å²) < 4.78 is 5.32. The van der Waals surface area contributed by atoms with Crippen LogP contribution in [0.25, 0.3) is 0 Å². The third kappa shape index (κ3) is 4.15. The first-order valence-corrected chi connectivity index (χ1v) is 8.57. The van der Waals surface area contributed by atoms with Crippen LogP contribution in [0.4, 0.5) is 0 Å². The molecule has 0 radical (unpaired) electrons. The summed E-state index contributed by atoms with van der Waals surface area (Å²) in [5, 5.41) is 0. The van der Waals surface area contributed by atoms with Gasteiger partial charge in [0.1, 0.15) is 5.60 Å². The molecule has 24 heavy (non-hydrogen) atoms. The van der Waals surface area contributed by atoms with Gasteiger partial charge in [0, 0.05) is 39.2 Å². The van der Waals surface area contributed by atoms with Gasteiger partial charge in [-0.2, -0.15) is 0 Å². The molecule has 1 fully saturated rings. The van der Waals surface area contributed by atoms with Crippen LogP contribution in [0.5, 0.6) is 0 Å². The van der Waals surface area contributed by atoms with Gasteiger partial charge >= 0.3 is 0 Å². The second-order valence-electron chi connectivity index (χ2n) is 6.78. The van der Waals surface area contributed by atoms with Crippen molar-refractivity contribution in [3.63, 3.8) is 0 Å². The van der Waals surface area contributed by atoms with E-state index in [0.717, 1.165) is 12.0 Å². The summed E-state index contributed by atoms with van der Waals surface area (Å²) in [6.45, 7) is 7.20. The van der Waals surface area contributed by atoms with Crippen LogP contribution in [0.2, 0.25) is 0 Å². The summed E-state index contributed by atoms with van der Waals surface area (Å²) in [4.78, 5) is 29.0. The number of benzene rings is 1. The molecule has 0 bridgehead atoms. The Labute approximate surface area is 144 Å². The molecule has 2 rings (SSSR count). The van der Waals surface area contributed by atoms with E-state index in [1.165, 1.54) is 0 Å². The molecule has 5 heteroatoms. The molecule has 0 aromatic heterocycles. The van der Waals surface area contributed by atoms with E-state index in [4.69, 9.17) is 4.74 Å². The lowest BCUT2D eigenvalue weighted by Crippen LogP contribution is -2.50. The van der Waals surface area contributed by atoms with Crippen molar-refractivity contribution < 1.29 is 14.3 Å². The zero-order valence-corrected chi connectivity index (χ0v) is 15.1. The Morgan fingerprint density at radius 1 is 1.29 bits per heavy atom. The molecule has 1 aromatic rings. The number of ether oxygens (including phenoxy) is 1. The number of hydrogen-bond donors (Lipinski definition) is 0. The molecule has 0 saturated carbocycles. The van der Waals surface area contributed by atoms with E-state index in [1.807, 2.05) is 35.2 Å². The Hall–Kier alpha value is -1.88. The first kappa shape index (κ1) is 18.5. The van der Waals surface area contributed by atoms with Crippen molar-refractivity contribution in [1.29, 1.82) is 0 Å². The zero-order valence-electron chi connectivity index (χ0n) is 15.1. The Bertz CT molecular complexity index is 571. The molecule has 132 valence electrons. The molecule has 5 nitrogen and oxygen atoms in total. The zero-order chi connectivity index (χ0) is 17.7. The number of rotatable bonds is 5. The average molecular weight is 332 g/mol. The van der Waals surface area contributed by atoms with Gasteiger partial charge in [0.25, 0.3) is 5.91 Å². The molecule has 0 spiro atoms. The largest absolute Gasteiger partial charge is 0.369 e. The van der Waals surface area contributed by atoms with Gasteiger partial charge < -0.3 is 14.5 Å². The van der Waals surface area contributed by atoms with Gasteiger partial charge in [-0.05, 0) is 25.8 Å². The SMILES string of the molecule is CC[C@H]1CN(C(=O)C(C)(C)OC)CCC(=O)N1Cc1ccccc1. The maximum Gasteiger partial charge on any atom is 0.254 e. The van der Waals surface area contributed by atoms with Crippen molar-refractivity contribution in [2.45, 2.75) is 51.8 Å². The first-order valence-electron chi connectivity index (χ1n) is 8.57. The molecular weight excluding hydrogens is 304 g/mol. The summed E-state index contributed by atoms with van der Waals surface area (Å²) in [6, 6.07) is 10.0. The molecule has 0 unspecified atom stereocenters. The predicted molar refractivity (Wildman–Crippen MR) is 93.4 cm³/mol. The lowest BCUT2D eigenvalue weighted by atomic mass is 10.1. The molecule has 0 aliphatic carbocycles. The van der Waals surface area contributed by atoms with Crippen molar-refractivity contribution >= 4 is 11.8 Å². The van der Waals surface area contributed by atoms with Crippen LogP contribution < -0.4 is 0 Å². The summed E-state index contributed by atoms with van der Waals surface area (Å²) in [6.07, 6.45) is 1.17. The average Bonchev–Trinajstić information content (AvgIpc) is 2.75. The highest BCUT2D eigenvalue weighted by molar-refractivity contribution is 5.86. The van der Waals surface area contributed by atoms with Gasteiger partial charge in [-0.1, -0.05) is 37.3 Å². The molecule has 1 heterocycles. The van der Waals surface area contributed by atoms with Gasteiger partial charge in [0.2, 0.25) is 5.91 Å². The van der Waals surface area contributed by atoms with E-state index in [2.05, 4.69) is 6.92 Å². The van der Waals surface area contributed by atoms with Gasteiger partial charge in [0.15, 0.2) is 0 Å². The standard InChI is InChI=1S/C19H28N2O3/c1-5-16-14-20(18(23)19(2,3)24-4)12-11-17(22)21(16)13-15-9-7-6-8-10-15/h6-10,16H,5,11-14H2,1-4H3/t16-/m0/s1. The van der Waals surface area contributed by atoms with Crippen molar-refractivity contribution in [3.05, 3.63) is 35.9 Å². The molecule has 1 saturated heterocycles. The Morgan fingerprint density at radius 2 is 1.96 bits per heavy atom. The van der Waals surface area contributed by atoms with Crippen LogP contribution in [0.3, 0.4) is 0 Å². The molecule has 1 aliphatic rings. The van der Waals surface area contributed by atoms with Crippen LogP contribution in [-0.2, 0) is 20.9 Å². The van der Waals surface area contributed by atoms with Crippen molar-refractivity contribution in [2.75, 3.05) is 20.2 Å². The van der Waals surface area contributed by atoms with E-state index < -0.39 is 5.60 Å². The highest BCUT2D eigenvalue weighted by atomic mass is 16.5. The van der Waals surface area contributed by atoms with Crippen LogP contribution in [0, 0.1) is 0 Å². The first-order chi connectivity index (χ1) is 11.4. The van der Waals surface area contributed by atoms with E-state index in [9.17, 15) is 9.59 Å². The molecule has 1 aromatic carbocycles. The summed E-state index contributed by atoms with van der Waals surface area (Å²) in [5.41, 5.74) is 0.247. The maximum atomic E-state index is 12.7. The number of amides is 2. The van der Waals surface area contributed by atoms with Crippen molar-refractivity contribution in [1.82, 2.24) is 9.80 Å². The molecular formula is C19H28N2O3. The topological polar surface area (TPSA) is 49.9 Å². The Kier molecular flexibility index (Phi) is 5.99. The van der Waals surface area contributed by atoms with Gasteiger partial charge in [-0.25, -0.2) is 0 Å². The van der Waals surface area contributed by atoms with E-state index in [1.54, 1.807) is 25.9 Å². The quantitative estimate of drug-likeness (QED) is 0.832. The highest BCUT2D eigenvalue weighted by Crippen LogP contribution is 2.21. The van der Waals surface area contributed by atoms with E-state index in [-0.39, 0.29) is 17.9 Å². The second kappa shape index (κ2) is 7.79. The number of methoxy groups -OCH3 is 1. The fourth-order valence-electron chi connectivity index (χ4n) is 3.02. The van der Waals surface area contributed by atoms with Crippen LogP contribution in [-0.4, -0.2) is 53.5 Å². The smallest absolute Gasteiger partial charge is 0.254 e. The Morgan fingerprint density at radius 3 is 2.54 bits per heavy atom. The predicted octanol–water partition coefficient (Wildman–Crippen LogP) is 2.45. The fourth-order valence-corrected chi connectivity index (χ4v) is 3.02. The lowest BCUT2D eigenvalue weighted by Gasteiger charge is -2.34. The van der Waals surface area contributed by atoms with Gasteiger partial charge in [0.05, 0.1) is 0 Å². The third-order valence-electron chi connectivity index (χ3n) is 4.77.